The van der Waals surface area contributed by atoms with E-state index in [-0.39, 0.29) is 24.1 Å². The normalized spacial score (nSPS) is 15.0. The van der Waals surface area contributed by atoms with Gasteiger partial charge < -0.3 is 19.7 Å². The summed E-state index contributed by atoms with van der Waals surface area (Å²) in [6, 6.07) is 23.5. The molecule has 38 heavy (non-hydrogen) atoms. The van der Waals surface area contributed by atoms with Crippen LogP contribution in [0.1, 0.15) is 31.0 Å². The number of benzene rings is 3. The minimum Gasteiger partial charge on any atom is -0.484 e. The zero-order chi connectivity index (χ0) is 27.2. The lowest BCUT2D eigenvalue weighted by Crippen LogP contribution is -2.31. The number of carbonyl (C=O) groups is 3. The molecule has 194 valence electrons. The van der Waals surface area contributed by atoms with Crippen LogP contribution in [0.2, 0.25) is 5.02 Å². The molecule has 1 aliphatic heterocycles. The molecular weight excluding hydrogens is 504 g/mol. The van der Waals surface area contributed by atoms with Crippen LogP contribution in [0.5, 0.6) is 5.75 Å². The van der Waals surface area contributed by atoms with Crippen molar-refractivity contribution in [3.63, 3.8) is 0 Å². The molecule has 0 spiro atoms. The molecule has 1 heterocycles. The predicted molar refractivity (Wildman–Crippen MR) is 147 cm³/mol. The molecule has 7 nitrogen and oxygen atoms in total. The van der Waals surface area contributed by atoms with Gasteiger partial charge >= 0.3 is 5.97 Å². The van der Waals surface area contributed by atoms with Crippen molar-refractivity contribution in [1.82, 2.24) is 5.32 Å². The van der Waals surface area contributed by atoms with Gasteiger partial charge in [-0.25, -0.2) is 4.79 Å². The highest BCUT2D eigenvalue weighted by atomic mass is 35.5. The summed E-state index contributed by atoms with van der Waals surface area (Å²) in [4.78, 5) is 39.6. The third kappa shape index (κ3) is 5.95. The second-order valence-electron chi connectivity index (χ2n) is 8.68. The quantitative estimate of drug-likeness (QED) is 0.236. The highest BCUT2D eigenvalue weighted by molar-refractivity contribution is 6.31. The second-order valence-corrected chi connectivity index (χ2v) is 9.12. The number of allylic oxidation sites excluding steroid dienone is 2. The summed E-state index contributed by atoms with van der Waals surface area (Å²) < 4.78 is 10.5. The first-order chi connectivity index (χ1) is 18.3. The minimum atomic E-state index is -0.696. The maximum atomic E-state index is 13.2. The van der Waals surface area contributed by atoms with Crippen molar-refractivity contribution in [2.45, 2.75) is 19.9 Å². The number of rotatable bonds is 8. The van der Waals surface area contributed by atoms with Gasteiger partial charge in [0.25, 0.3) is 5.91 Å². The largest absolute Gasteiger partial charge is 0.484 e. The van der Waals surface area contributed by atoms with Crippen LogP contribution in [-0.4, -0.2) is 31.4 Å². The average molecular weight is 531 g/mol. The standard InChI is InChI=1S/C30H27ClN2O5/c1-19(22-7-5-4-6-8-22)32-27(34)18-38-25-15-9-21(10-16-25)17-26-29(35)28(30(36)37-3)20(2)33(26)24-13-11-23(31)12-14-24/h4-17,19H,18H2,1-3H3,(H,32,34)/b26-17-/t19-/m1/s1. The van der Waals surface area contributed by atoms with Crippen LogP contribution in [0.3, 0.4) is 0 Å². The maximum absolute atomic E-state index is 13.2. The van der Waals surface area contributed by atoms with E-state index in [2.05, 4.69) is 5.32 Å². The van der Waals surface area contributed by atoms with Crippen molar-refractivity contribution in [3.8, 4) is 5.75 Å². The average Bonchev–Trinajstić information content (AvgIpc) is 3.17. The van der Waals surface area contributed by atoms with Gasteiger partial charge in [0.15, 0.2) is 6.61 Å². The third-order valence-electron chi connectivity index (χ3n) is 6.10. The summed E-state index contributed by atoms with van der Waals surface area (Å²) in [7, 11) is 1.24. The number of Topliss-reactive ketones (excluding diaryl/α,β-unsaturated/α-hetero) is 1. The van der Waals surface area contributed by atoms with Crippen molar-refractivity contribution in [1.29, 1.82) is 0 Å². The summed E-state index contributed by atoms with van der Waals surface area (Å²) >= 11 is 6.04. The van der Waals surface area contributed by atoms with E-state index in [9.17, 15) is 14.4 Å². The lowest BCUT2D eigenvalue weighted by molar-refractivity contribution is -0.137. The molecule has 0 radical (unpaired) electrons. The van der Waals surface area contributed by atoms with E-state index >= 15 is 0 Å². The van der Waals surface area contributed by atoms with E-state index in [1.165, 1.54) is 7.11 Å². The Morgan fingerprint density at radius 2 is 1.66 bits per heavy atom. The first kappa shape index (κ1) is 26.7. The van der Waals surface area contributed by atoms with Gasteiger partial charge in [-0.15, -0.1) is 0 Å². The smallest absolute Gasteiger partial charge is 0.343 e. The number of carbonyl (C=O) groups excluding carboxylic acids is 3. The van der Waals surface area contributed by atoms with E-state index in [1.807, 2.05) is 37.3 Å². The highest BCUT2D eigenvalue weighted by Gasteiger charge is 2.38. The molecule has 3 aromatic carbocycles. The number of amides is 1. The molecule has 0 aliphatic carbocycles. The van der Waals surface area contributed by atoms with E-state index in [4.69, 9.17) is 21.1 Å². The van der Waals surface area contributed by atoms with Crippen molar-refractivity contribution >= 4 is 41.0 Å². The first-order valence-electron chi connectivity index (χ1n) is 12.0. The van der Waals surface area contributed by atoms with Gasteiger partial charge in [-0.3, -0.25) is 9.59 Å². The number of hydrogen-bond acceptors (Lipinski definition) is 6. The Morgan fingerprint density at radius 3 is 2.29 bits per heavy atom. The molecule has 1 aliphatic rings. The molecular formula is C30H27ClN2O5. The molecule has 0 fully saturated rings. The van der Waals surface area contributed by atoms with Crippen LogP contribution in [0.25, 0.3) is 6.08 Å². The van der Waals surface area contributed by atoms with Crippen LogP contribution >= 0.6 is 11.6 Å². The molecule has 4 rings (SSSR count). The van der Waals surface area contributed by atoms with E-state index in [0.717, 1.165) is 5.56 Å². The van der Waals surface area contributed by atoms with Gasteiger partial charge in [0.05, 0.1) is 18.8 Å². The molecule has 0 unspecified atom stereocenters. The van der Waals surface area contributed by atoms with E-state index < -0.39 is 11.8 Å². The number of ketones is 1. The molecule has 1 atom stereocenters. The number of ether oxygens (including phenoxy) is 2. The predicted octanol–water partition coefficient (Wildman–Crippen LogP) is 5.47. The Hall–Kier alpha value is -4.36. The van der Waals surface area contributed by atoms with E-state index in [1.54, 1.807) is 66.4 Å². The summed E-state index contributed by atoms with van der Waals surface area (Å²) in [6.45, 7) is 3.47. The molecule has 0 saturated carbocycles. The Balaban J connectivity index is 1.48. The lowest BCUT2D eigenvalue weighted by Gasteiger charge is -2.21. The van der Waals surface area contributed by atoms with Crippen LogP contribution < -0.4 is 15.0 Å². The van der Waals surface area contributed by atoms with E-state index in [0.29, 0.717) is 33.4 Å². The first-order valence-corrected chi connectivity index (χ1v) is 12.3. The van der Waals surface area contributed by atoms with Gasteiger partial charge in [-0.1, -0.05) is 54.1 Å². The summed E-state index contributed by atoms with van der Waals surface area (Å²) in [5.74, 6) is -0.863. The van der Waals surface area contributed by atoms with Crippen molar-refractivity contribution in [3.05, 3.63) is 112 Å². The van der Waals surface area contributed by atoms with Gasteiger partial charge in [-0.05, 0) is 67.4 Å². The van der Waals surface area contributed by atoms with Crippen molar-refractivity contribution < 1.29 is 23.9 Å². The number of nitrogens with zero attached hydrogens (tertiary/aromatic N) is 1. The van der Waals surface area contributed by atoms with Gasteiger partial charge in [0.2, 0.25) is 5.78 Å². The fourth-order valence-corrected chi connectivity index (χ4v) is 4.28. The number of hydrogen-bond donors (Lipinski definition) is 1. The van der Waals surface area contributed by atoms with Gasteiger partial charge in [0.1, 0.15) is 11.3 Å². The lowest BCUT2D eigenvalue weighted by atomic mass is 10.1. The number of methoxy groups -OCH3 is 1. The summed E-state index contributed by atoms with van der Waals surface area (Å²) in [6.07, 6.45) is 1.69. The molecule has 0 aromatic heterocycles. The maximum Gasteiger partial charge on any atom is 0.343 e. The summed E-state index contributed by atoms with van der Waals surface area (Å²) in [5, 5.41) is 3.46. The second kappa shape index (κ2) is 11.8. The SMILES string of the molecule is COC(=O)C1=C(C)N(c2ccc(Cl)cc2)/C(=C\c2ccc(OCC(=O)N[C@H](C)c3ccccc3)cc2)C1=O. The Morgan fingerprint density at radius 1 is 1.00 bits per heavy atom. The van der Waals surface area contributed by atoms with Crippen molar-refractivity contribution in [2.75, 3.05) is 18.6 Å². The zero-order valence-corrected chi connectivity index (χ0v) is 22.0. The van der Waals surface area contributed by atoms with Crippen LogP contribution in [0.15, 0.2) is 95.8 Å². The molecule has 3 aromatic rings. The highest BCUT2D eigenvalue weighted by Crippen LogP contribution is 2.36. The van der Waals surface area contributed by atoms with Crippen LogP contribution in [-0.2, 0) is 19.1 Å². The van der Waals surface area contributed by atoms with Crippen LogP contribution in [0.4, 0.5) is 5.69 Å². The minimum absolute atomic E-state index is 0.0237. The number of halogens is 1. The van der Waals surface area contributed by atoms with Gasteiger partial charge in [0, 0.05) is 16.4 Å². The van der Waals surface area contributed by atoms with Gasteiger partial charge in [-0.2, -0.15) is 0 Å². The molecule has 0 bridgehead atoms. The Bertz CT molecular complexity index is 1400. The monoisotopic (exact) mass is 530 g/mol. The zero-order valence-electron chi connectivity index (χ0n) is 21.2. The molecule has 1 amide bonds. The number of nitrogens with one attached hydrogen (secondary N) is 1. The fourth-order valence-electron chi connectivity index (χ4n) is 4.16. The Kier molecular flexibility index (Phi) is 8.28. The fraction of sp³-hybridized carbons (Fsp3) is 0.167. The summed E-state index contributed by atoms with van der Waals surface area (Å²) in [5.41, 5.74) is 3.14. The molecule has 0 saturated heterocycles. The molecule has 1 N–H and O–H groups in total. The topological polar surface area (TPSA) is 84.9 Å². The van der Waals surface area contributed by atoms with Crippen molar-refractivity contribution in [2.24, 2.45) is 0 Å². The third-order valence-corrected chi connectivity index (χ3v) is 6.35. The Labute approximate surface area is 226 Å². The number of esters is 1. The number of anilines is 1. The molecule has 8 heteroatoms. The van der Waals surface area contributed by atoms with Crippen LogP contribution in [0, 0.1) is 0 Å².